The number of hydrogen-bond acceptors (Lipinski definition) is 5. The number of nitrogens with one attached hydrogen (secondary N) is 1. The second kappa shape index (κ2) is 8.80. The van der Waals surface area contributed by atoms with Gasteiger partial charge in [0.05, 0.1) is 17.1 Å². The van der Waals surface area contributed by atoms with E-state index in [1.807, 2.05) is 72.3 Å². The van der Waals surface area contributed by atoms with Crippen molar-refractivity contribution in [2.75, 3.05) is 11.1 Å². The van der Waals surface area contributed by atoms with Gasteiger partial charge >= 0.3 is 0 Å². The van der Waals surface area contributed by atoms with E-state index in [4.69, 9.17) is 16.7 Å². The molecule has 162 valence electrons. The summed E-state index contributed by atoms with van der Waals surface area (Å²) in [5.41, 5.74) is 2.86. The number of hydrogen-bond donors (Lipinski definition) is 1. The van der Waals surface area contributed by atoms with E-state index < -0.39 is 0 Å². The summed E-state index contributed by atoms with van der Waals surface area (Å²) in [7, 11) is 1.89. The third-order valence-electron chi connectivity index (χ3n) is 5.26. The van der Waals surface area contributed by atoms with E-state index in [1.54, 1.807) is 4.68 Å². The molecule has 1 fully saturated rings. The minimum atomic E-state index is -0.120. The van der Waals surface area contributed by atoms with Crippen molar-refractivity contribution < 1.29 is 4.79 Å². The zero-order valence-electron chi connectivity index (χ0n) is 17.4. The van der Waals surface area contributed by atoms with Crippen LogP contribution in [0.25, 0.3) is 17.1 Å². The highest BCUT2D eigenvalue weighted by Gasteiger charge is 2.28. The topological polar surface area (TPSA) is 77.6 Å². The normalized spacial score (nSPS) is 13.3. The van der Waals surface area contributed by atoms with Gasteiger partial charge in [0.15, 0.2) is 11.0 Å². The summed E-state index contributed by atoms with van der Waals surface area (Å²) in [6, 6.07) is 19.2. The molecule has 32 heavy (non-hydrogen) atoms. The fourth-order valence-electron chi connectivity index (χ4n) is 3.43. The first-order valence-electron chi connectivity index (χ1n) is 10.3. The number of nitrogens with zero attached hydrogens (tertiary/aromatic N) is 5. The number of benzene rings is 2. The Hall–Kier alpha value is -3.10. The Balaban J connectivity index is 1.28. The second-order valence-electron chi connectivity index (χ2n) is 7.69. The van der Waals surface area contributed by atoms with Gasteiger partial charge < -0.3 is 9.88 Å². The Morgan fingerprint density at radius 3 is 2.59 bits per heavy atom. The Morgan fingerprint density at radius 2 is 1.88 bits per heavy atom. The fraction of sp³-hybridized carbons (Fsp3) is 0.217. The molecule has 1 aliphatic carbocycles. The summed E-state index contributed by atoms with van der Waals surface area (Å²) in [6.07, 6.45) is 2.30. The molecule has 0 atom stereocenters. The van der Waals surface area contributed by atoms with Crippen LogP contribution in [0.4, 0.5) is 5.82 Å². The third kappa shape index (κ3) is 4.42. The third-order valence-corrected chi connectivity index (χ3v) is 6.53. The number of aromatic nitrogens is 5. The monoisotopic (exact) mass is 464 g/mol. The first-order valence-corrected chi connectivity index (χ1v) is 11.7. The molecule has 2 aromatic carbocycles. The molecule has 7 nitrogen and oxygen atoms in total. The van der Waals surface area contributed by atoms with Crippen LogP contribution in [0.5, 0.6) is 0 Å². The van der Waals surface area contributed by atoms with Crippen LogP contribution in [0.15, 0.2) is 65.8 Å². The summed E-state index contributed by atoms with van der Waals surface area (Å²) in [5.74, 6) is 2.00. The van der Waals surface area contributed by atoms with E-state index in [9.17, 15) is 4.79 Å². The Labute approximate surface area is 194 Å². The summed E-state index contributed by atoms with van der Waals surface area (Å²) in [5, 5.41) is 17.6. The quantitative estimate of drug-likeness (QED) is 0.392. The highest BCUT2D eigenvalue weighted by atomic mass is 35.5. The van der Waals surface area contributed by atoms with Crippen LogP contribution < -0.4 is 5.32 Å². The van der Waals surface area contributed by atoms with Gasteiger partial charge in [-0.2, -0.15) is 5.10 Å². The van der Waals surface area contributed by atoms with Crippen LogP contribution in [0.2, 0.25) is 5.02 Å². The molecular formula is C23H21ClN6OS. The van der Waals surface area contributed by atoms with Crippen LogP contribution >= 0.6 is 23.4 Å². The van der Waals surface area contributed by atoms with Crippen LogP contribution in [0.3, 0.4) is 0 Å². The molecule has 4 aromatic rings. The number of halogens is 1. The molecule has 0 unspecified atom stereocenters. The molecule has 0 aliphatic heterocycles. The maximum absolute atomic E-state index is 12.7. The molecule has 0 radical (unpaired) electrons. The van der Waals surface area contributed by atoms with Gasteiger partial charge in [-0.05, 0) is 49.2 Å². The van der Waals surface area contributed by atoms with Crippen LogP contribution in [0.1, 0.15) is 24.5 Å². The van der Waals surface area contributed by atoms with E-state index >= 15 is 0 Å². The lowest BCUT2D eigenvalue weighted by molar-refractivity contribution is -0.113. The Morgan fingerprint density at radius 1 is 1.12 bits per heavy atom. The summed E-state index contributed by atoms with van der Waals surface area (Å²) in [4.78, 5) is 12.7. The van der Waals surface area contributed by atoms with Crippen LogP contribution in [-0.2, 0) is 11.8 Å². The predicted octanol–water partition coefficient (Wildman–Crippen LogP) is 4.93. The van der Waals surface area contributed by atoms with Crippen molar-refractivity contribution in [2.24, 2.45) is 7.05 Å². The van der Waals surface area contributed by atoms with Gasteiger partial charge in [-0.3, -0.25) is 4.79 Å². The zero-order valence-corrected chi connectivity index (χ0v) is 19.0. The number of carbonyl (C=O) groups is 1. The summed E-state index contributed by atoms with van der Waals surface area (Å²) >= 11 is 7.31. The molecule has 2 aromatic heterocycles. The van der Waals surface area contributed by atoms with Gasteiger partial charge in [-0.1, -0.05) is 41.6 Å². The number of anilines is 1. The first kappa shape index (κ1) is 20.8. The van der Waals surface area contributed by atoms with E-state index in [1.165, 1.54) is 11.8 Å². The average molecular weight is 465 g/mol. The van der Waals surface area contributed by atoms with Gasteiger partial charge in [-0.15, -0.1) is 10.2 Å². The van der Waals surface area contributed by atoms with E-state index in [2.05, 4.69) is 15.5 Å². The molecule has 1 N–H and O–H groups in total. The summed E-state index contributed by atoms with van der Waals surface area (Å²) < 4.78 is 3.68. The molecule has 9 heteroatoms. The van der Waals surface area contributed by atoms with Crippen molar-refractivity contribution in [3.8, 4) is 17.1 Å². The average Bonchev–Trinajstić information content (AvgIpc) is 3.48. The van der Waals surface area contributed by atoms with Crippen molar-refractivity contribution in [3.05, 3.63) is 71.4 Å². The first-order chi connectivity index (χ1) is 15.6. The molecule has 0 bridgehead atoms. The lowest BCUT2D eigenvalue weighted by atomic mass is 10.2. The molecule has 1 amide bonds. The maximum atomic E-state index is 12.7. The van der Waals surface area contributed by atoms with E-state index in [0.717, 1.165) is 35.6 Å². The van der Waals surface area contributed by atoms with Crippen molar-refractivity contribution in [2.45, 2.75) is 23.9 Å². The largest absolute Gasteiger partial charge is 0.310 e. The Kier molecular flexibility index (Phi) is 5.71. The van der Waals surface area contributed by atoms with Crippen LogP contribution in [-0.4, -0.2) is 36.2 Å². The molecule has 0 spiro atoms. The zero-order chi connectivity index (χ0) is 22.1. The van der Waals surface area contributed by atoms with Gasteiger partial charge in [0.2, 0.25) is 5.91 Å². The minimum Gasteiger partial charge on any atom is -0.310 e. The number of rotatable bonds is 7. The van der Waals surface area contributed by atoms with Crippen molar-refractivity contribution in [3.63, 3.8) is 0 Å². The highest BCUT2D eigenvalue weighted by Crippen LogP contribution is 2.40. The number of amides is 1. The van der Waals surface area contributed by atoms with E-state index in [-0.39, 0.29) is 11.7 Å². The molecule has 5 rings (SSSR count). The predicted molar refractivity (Wildman–Crippen MR) is 126 cm³/mol. The molecule has 1 aliphatic rings. The number of para-hydroxylation sites is 1. The molecule has 0 saturated heterocycles. The van der Waals surface area contributed by atoms with Gasteiger partial charge in [-0.25, -0.2) is 4.68 Å². The number of carbonyl (C=O) groups excluding carboxylic acids is 1. The molecular weight excluding hydrogens is 444 g/mol. The smallest absolute Gasteiger partial charge is 0.236 e. The Bertz CT molecular complexity index is 1250. The minimum absolute atomic E-state index is 0.120. The van der Waals surface area contributed by atoms with Crippen molar-refractivity contribution in [1.82, 2.24) is 24.5 Å². The van der Waals surface area contributed by atoms with Gasteiger partial charge in [0.1, 0.15) is 5.82 Å². The lowest BCUT2D eigenvalue weighted by Crippen LogP contribution is -2.17. The second-order valence-corrected chi connectivity index (χ2v) is 9.06. The summed E-state index contributed by atoms with van der Waals surface area (Å²) in [6.45, 7) is 0. The maximum Gasteiger partial charge on any atom is 0.236 e. The highest BCUT2D eigenvalue weighted by molar-refractivity contribution is 7.99. The van der Waals surface area contributed by atoms with Crippen LogP contribution in [0, 0.1) is 0 Å². The van der Waals surface area contributed by atoms with Gasteiger partial charge in [0, 0.05) is 29.6 Å². The number of thioether (sulfide) groups is 1. The van der Waals surface area contributed by atoms with E-state index in [0.29, 0.717) is 21.9 Å². The van der Waals surface area contributed by atoms with Crippen molar-refractivity contribution >= 4 is 35.1 Å². The van der Waals surface area contributed by atoms with Crippen molar-refractivity contribution in [1.29, 1.82) is 0 Å². The van der Waals surface area contributed by atoms with Gasteiger partial charge in [0.25, 0.3) is 0 Å². The molecule has 1 saturated carbocycles. The standard InChI is InChI=1S/C23H21ClN6OS/c1-29-22(16-9-11-17(24)12-10-16)26-27-23(29)32-14-21(31)25-20-13-19(15-7-8-15)28-30(20)18-5-3-2-4-6-18/h2-6,9-13,15H,7-8,14H2,1H3,(H,25,31). The SMILES string of the molecule is Cn1c(SCC(=O)Nc2cc(C3CC3)nn2-c2ccccc2)nnc1-c1ccc(Cl)cc1. The molecule has 2 heterocycles. The fourth-order valence-corrected chi connectivity index (χ4v) is 4.27. The lowest BCUT2D eigenvalue weighted by Gasteiger charge is -2.09.